The van der Waals surface area contributed by atoms with Gasteiger partial charge in [-0.15, -0.1) is 11.8 Å². The van der Waals surface area contributed by atoms with Crippen molar-refractivity contribution >= 4 is 17.7 Å². The van der Waals surface area contributed by atoms with Gasteiger partial charge in [-0.1, -0.05) is 6.07 Å². The fourth-order valence-electron chi connectivity index (χ4n) is 1.60. The molecular weight excluding hydrogens is 210 g/mol. The average Bonchev–Trinajstić information content (AvgIpc) is 2.57. The van der Waals surface area contributed by atoms with E-state index in [0.717, 1.165) is 11.3 Å². The van der Waals surface area contributed by atoms with E-state index in [4.69, 9.17) is 10.5 Å². The molecule has 0 spiro atoms. The minimum Gasteiger partial charge on any atom is -0.462 e. The van der Waals surface area contributed by atoms with Crippen LogP contribution in [0.25, 0.3) is 0 Å². The van der Waals surface area contributed by atoms with Gasteiger partial charge < -0.3 is 10.5 Å². The minimum absolute atomic E-state index is 0.123. The van der Waals surface area contributed by atoms with Crippen LogP contribution in [0, 0.1) is 0 Å². The Balaban J connectivity index is 2.23. The summed E-state index contributed by atoms with van der Waals surface area (Å²) < 4.78 is 4.94. The first kappa shape index (κ1) is 10.5. The Labute approximate surface area is 93.0 Å². The molecule has 1 atom stereocenters. The molecule has 0 bridgehead atoms. The van der Waals surface area contributed by atoms with Crippen molar-refractivity contribution in [3.05, 3.63) is 29.3 Å². The smallest absolute Gasteiger partial charge is 0.338 e. The molecule has 3 nitrogen and oxygen atoms in total. The van der Waals surface area contributed by atoms with Crippen molar-refractivity contribution in [2.75, 3.05) is 6.61 Å². The molecule has 1 aliphatic heterocycles. The van der Waals surface area contributed by atoms with Gasteiger partial charge in [0.05, 0.1) is 17.5 Å². The van der Waals surface area contributed by atoms with Gasteiger partial charge in [-0.05, 0) is 31.0 Å². The SMILES string of the molecule is CCOC(=O)c1ccc2c(c1)SC(N)C2. The maximum atomic E-state index is 11.5. The maximum absolute atomic E-state index is 11.5. The van der Waals surface area contributed by atoms with E-state index in [-0.39, 0.29) is 11.3 Å². The van der Waals surface area contributed by atoms with Gasteiger partial charge in [-0.25, -0.2) is 4.79 Å². The van der Waals surface area contributed by atoms with Crippen molar-refractivity contribution in [1.29, 1.82) is 0 Å². The number of fused-ring (bicyclic) bond motifs is 1. The highest BCUT2D eigenvalue weighted by Crippen LogP contribution is 2.35. The molecule has 1 heterocycles. The number of ether oxygens (including phenoxy) is 1. The lowest BCUT2D eigenvalue weighted by Crippen LogP contribution is -2.12. The van der Waals surface area contributed by atoms with E-state index in [0.29, 0.717) is 12.2 Å². The van der Waals surface area contributed by atoms with Crippen molar-refractivity contribution in [3.63, 3.8) is 0 Å². The second-order valence-electron chi connectivity index (χ2n) is 3.40. The molecule has 1 aromatic rings. The van der Waals surface area contributed by atoms with Crippen LogP contribution in [-0.2, 0) is 11.2 Å². The van der Waals surface area contributed by atoms with E-state index < -0.39 is 0 Å². The normalized spacial score (nSPS) is 18.7. The average molecular weight is 223 g/mol. The number of hydrogen-bond donors (Lipinski definition) is 1. The number of nitrogens with two attached hydrogens (primary N) is 1. The number of rotatable bonds is 2. The van der Waals surface area contributed by atoms with Crippen LogP contribution in [0.2, 0.25) is 0 Å². The summed E-state index contributed by atoms with van der Waals surface area (Å²) in [6, 6.07) is 5.63. The van der Waals surface area contributed by atoms with Gasteiger partial charge in [0.2, 0.25) is 0 Å². The number of carbonyl (C=O) groups excluding carboxylic acids is 1. The van der Waals surface area contributed by atoms with E-state index in [1.54, 1.807) is 24.8 Å². The predicted octanol–water partition coefficient (Wildman–Crippen LogP) is 1.80. The third kappa shape index (κ3) is 2.16. The van der Waals surface area contributed by atoms with E-state index in [2.05, 4.69) is 0 Å². The first-order valence-electron chi connectivity index (χ1n) is 4.93. The Morgan fingerprint density at radius 1 is 1.67 bits per heavy atom. The predicted molar refractivity (Wildman–Crippen MR) is 59.9 cm³/mol. The molecule has 1 aliphatic rings. The Bertz CT molecular complexity index is 392. The second kappa shape index (κ2) is 4.24. The molecule has 15 heavy (non-hydrogen) atoms. The lowest BCUT2D eigenvalue weighted by molar-refractivity contribution is 0.0526. The van der Waals surface area contributed by atoms with Gasteiger partial charge in [0.25, 0.3) is 0 Å². The van der Waals surface area contributed by atoms with E-state index in [1.165, 1.54) is 5.56 Å². The highest BCUT2D eigenvalue weighted by molar-refractivity contribution is 8.00. The van der Waals surface area contributed by atoms with Crippen LogP contribution in [0.4, 0.5) is 0 Å². The standard InChI is InChI=1S/C11H13NO2S/c1-2-14-11(13)8-4-3-7-6-10(12)15-9(7)5-8/h3-5,10H,2,6,12H2,1H3. The van der Waals surface area contributed by atoms with Crippen LogP contribution < -0.4 is 5.73 Å². The van der Waals surface area contributed by atoms with Crippen molar-refractivity contribution in [2.45, 2.75) is 23.6 Å². The summed E-state index contributed by atoms with van der Waals surface area (Å²) in [5.74, 6) is -0.263. The molecule has 0 amide bonds. The molecular formula is C11H13NO2S. The lowest BCUT2D eigenvalue weighted by Gasteiger charge is -2.03. The lowest BCUT2D eigenvalue weighted by atomic mass is 10.1. The maximum Gasteiger partial charge on any atom is 0.338 e. The molecule has 1 unspecified atom stereocenters. The van der Waals surface area contributed by atoms with Crippen molar-refractivity contribution in [3.8, 4) is 0 Å². The van der Waals surface area contributed by atoms with Crippen LogP contribution >= 0.6 is 11.8 Å². The van der Waals surface area contributed by atoms with Gasteiger partial charge in [-0.3, -0.25) is 0 Å². The fourth-order valence-corrected chi connectivity index (χ4v) is 2.68. The molecule has 2 N–H and O–H groups in total. The van der Waals surface area contributed by atoms with Crippen LogP contribution in [-0.4, -0.2) is 18.0 Å². The van der Waals surface area contributed by atoms with Crippen LogP contribution in [0.3, 0.4) is 0 Å². The monoisotopic (exact) mass is 223 g/mol. The third-order valence-corrected chi connectivity index (χ3v) is 3.38. The van der Waals surface area contributed by atoms with Gasteiger partial charge in [-0.2, -0.15) is 0 Å². The van der Waals surface area contributed by atoms with Crippen LogP contribution in [0.1, 0.15) is 22.8 Å². The quantitative estimate of drug-likeness (QED) is 0.777. The Morgan fingerprint density at radius 3 is 3.20 bits per heavy atom. The third-order valence-electron chi connectivity index (χ3n) is 2.28. The summed E-state index contributed by atoms with van der Waals surface area (Å²) in [7, 11) is 0. The van der Waals surface area contributed by atoms with Crippen LogP contribution in [0.5, 0.6) is 0 Å². The highest BCUT2D eigenvalue weighted by Gasteiger charge is 2.20. The molecule has 0 aromatic heterocycles. The zero-order valence-corrected chi connectivity index (χ0v) is 9.34. The molecule has 0 radical (unpaired) electrons. The number of benzene rings is 1. The summed E-state index contributed by atoms with van der Waals surface area (Å²) >= 11 is 1.61. The number of thioether (sulfide) groups is 1. The Morgan fingerprint density at radius 2 is 2.47 bits per heavy atom. The summed E-state index contributed by atoms with van der Waals surface area (Å²) in [6.45, 7) is 2.21. The summed E-state index contributed by atoms with van der Waals surface area (Å²) in [5.41, 5.74) is 7.65. The van der Waals surface area contributed by atoms with Gasteiger partial charge in [0, 0.05) is 4.90 Å². The zero-order valence-electron chi connectivity index (χ0n) is 8.53. The Kier molecular flexibility index (Phi) is 2.98. The first-order valence-corrected chi connectivity index (χ1v) is 5.81. The van der Waals surface area contributed by atoms with Gasteiger partial charge in [0.1, 0.15) is 0 Å². The topological polar surface area (TPSA) is 52.3 Å². The van der Waals surface area contributed by atoms with E-state index >= 15 is 0 Å². The zero-order chi connectivity index (χ0) is 10.8. The number of hydrogen-bond acceptors (Lipinski definition) is 4. The minimum atomic E-state index is -0.263. The van der Waals surface area contributed by atoms with Gasteiger partial charge >= 0.3 is 5.97 Å². The van der Waals surface area contributed by atoms with E-state index in [9.17, 15) is 4.79 Å². The molecule has 0 aliphatic carbocycles. The molecule has 0 fully saturated rings. The summed E-state index contributed by atoms with van der Waals surface area (Å²) in [4.78, 5) is 12.6. The molecule has 2 rings (SSSR count). The molecule has 80 valence electrons. The summed E-state index contributed by atoms with van der Waals surface area (Å²) in [5, 5.41) is 0.123. The molecule has 0 saturated heterocycles. The largest absolute Gasteiger partial charge is 0.462 e. The van der Waals surface area contributed by atoms with E-state index in [1.807, 2.05) is 12.1 Å². The molecule has 1 aromatic carbocycles. The van der Waals surface area contributed by atoms with Crippen molar-refractivity contribution < 1.29 is 9.53 Å². The molecule has 0 saturated carbocycles. The molecule has 4 heteroatoms. The number of carbonyl (C=O) groups is 1. The fraction of sp³-hybridized carbons (Fsp3) is 0.364. The second-order valence-corrected chi connectivity index (χ2v) is 4.68. The van der Waals surface area contributed by atoms with Crippen molar-refractivity contribution in [1.82, 2.24) is 0 Å². The van der Waals surface area contributed by atoms with Gasteiger partial charge in [0.15, 0.2) is 0 Å². The summed E-state index contributed by atoms with van der Waals surface area (Å²) in [6.07, 6.45) is 0.878. The van der Waals surface area contributed by atoms with Crippen molar-refractivity contribution in [2.24, 2.45) is 5.73 Å². The Hall–Kier alpha value is -1.00. The first-order chi connectivity index (χ1) is 7.20. The highest BCUT2D eigenvalue weighted by atomic mass is 32.2. The van der Waals surface area contributed by atoms with Crippen LogP contribution in [0.15, 0.2) is 23.1 Å². The number of esters is 1.